The Balaban J connectivity index is 1.82. The van der Waals surface area contributed by atoms with Gasteiger partial charge in [-0.3, -0.25) is 4.79 Å². The minimum Gasteiger partial charge on any atom is -0.386 e. The van der Waals surface area contributed by atoms with Gasteiger partial charge in [0, 0.05) is 5.56 Å². The maximum atomic E-state index is 12.6. The number of carbonyl (C=O) groups is 1. The molecule has 0 spiro atoms. The number of benzene rings is 3. The quantitative estimate of drug-likeness (QED) is 0.722. The van der Waals surface area contributed by atoms with Crippen LogP contribution in [0.5, 0.6) is 0 Å². The number of carbonyl (C=O) groups excluding carboxylic acids is 1. The maximum absolute atomic E-state index is 12.6. The van der Waals surface area contributed by atoms with Crippen LogP contribution in [-0.2, 0) is 6.42 Å². The van der Waals surface area contributed by atoms with E-state index in [9.17, 15) is 9.90 Å². The third-order valence-electron chi connectivity index (χ3n) is 4.17. The number of hydrogen-bond donors (Lipinski definition) is 2. The zero-order valence-electron chi connectivity index (χ0n) is 13.9. The van der Waals surface area contributed by atoms with E-state index < -0.39 is 12.1 Å². The molecule has 0 radical (unpaired) electrons. The summed E-state index contributed by atoms with van der Waals surface area (Å²) in [6, 6.07) is 27.9. The van der Waals surface area contributed by atoms with Crippen molar-refractivity contribution < 1.29 is 9.90 Å². The molecule has 0 aliphatic carbocycles. The summed E-state index contributed by atoms with van der Waals surface area (Å²) < 4.78 is 0. The molecule has 0 aliphatic heterocycles. The highest BCUT2D eigenvalue weighted by molar-refractivity contribution is 5.94. The van der Waals surface area contributed by atoms with Crippen LogP contribution < -0.4 is 5.32 Å². The Morgan fingerprint density at radius 1 is 0.800 bits per heavy atom. The van der Waals surface area contributed by atoms with Gasteiger partial charge in [0.25, 0.3) is 5.91 Å². The van der Waals surface area contributed by atoms with Crippen molar-refractivity contribution in [1.29, 1.82) is 0 Å². The minimum absolute atomic E-state index is 0.184. The van der Waals surface area contributed by atoms with Crippen molar-refractivity contribution in [1.82, 2.24) is 5.32 Å². The number of hydrogen-bond acceptors (Lipinski definition) is 2. The summed E-state index contributed by atoms with van der Waals surface area (Å²) >= 11 is 0. The van der Waals surface area contributed by atoms with Gasteiger partial charge < -0.3 is 10.4 Å². The van der Waals surface area contributed by atoms with E-state index in [1.165, 1.54) is 0 Å². The van der Waals surface area contributed by atoms with Gasteiger partial charge in [-0.2, -0.15) is 0 Å². The van der Waals surface area contributed by atoms with E-state index in [1.807, 2.05) is 78.9 Å². The van der Waals surface area contributed by atoms with Crippen LogP contribution in [0, 0.1) is 0 Å². The molecule has 0 saturated carbocycles. The smallest absolute Gasteiger partial charge is 0.251 e. The summed E-state index contributed by atoms with van der Waals surface area (Å²) in [5.74, 6) is -0.184. The first-order valence-electron chi connectivity index (χ1n) is 8.37. The number of aliphatic hydroxyl groups excluding tert-OH is 1. The van der Waals surface area contributed by atoms with E-state index in [1.54, 1.807) is 12.1 Å². The summed E-state index contributed by atoms with van der Waals surface area (Å²) in [6.07, 6.45) is -0.232. The summed E-state index contributed by atoms with van der Waals surface area (Å²) in [5, 5.41) is 13.8. The molecule has 1 amide bonds. The molecule has 126 valence electrons. The Labute approximate surface area is 148 Å². The van der Waals surface area contributed by atoms with Crippen LogP contribution in [0.25, 0.3) is 0 Å². The van der Waals surface area contributed by atoms with Gasteiger partial charge in [0.05, 0.1) is 12.1 Å². The first-order valence-corrected chi connectivity index (χ1v) is 8.37. The predicted octanol–water partition coefficient (Wildman–Crippen LogP) is 3.76. The monoisotopic (exact) mass is 331 g/mol. The lowest BCUT2D eigenvalue weighted by Crippen LogP contribution is -2.41. The van der Waals surface area contributed by atoms with Gasteiger partial charge in [0.1, 0.15) is 0 Å². The van der Waals surface area contributed by atoms with Gasteiger partial charge in [0.2, 0.25) is 0 Å². The van der Waals surface area contributed by atoms with Crippen molar-refractivity contribution >= 4 is 5.91 Å². The van der Waals surface area contributed by atoms with Gasteiger partial charge in [-0.15, -0.1) is 0 Å². The molecule has 0 saturated heterocycles. The first-order chi connectivity index (χ1) is 12.2. The van der Waals surface area contributed by atoms with E-state index >= 15 is 0 Å². The fourth-order valence-electron chi connectivity index (χ4n) is 2.83. The lowest BCUT2D eigenvalue weighted by molar-refractivity contribution is 0.0832. The second-order valence-electron chi connectivity index (χ2n) is 5.99. The molecule has 2 atom stereocenters. The summed E-state index contributed by atoms with van der Waals surface area (Å²) in [4.78, 5) is 12.6. The average Bonchev–Trinajstić information content (AvgIpc) is 2.69. The van der Waals surface area contributed by atoms with E-state index in [-0.39, 0.29) is 5.91 Å². The molecule has 0 heterocycles. The maximum Gasteiger partial charge on any atom is 0.251 e. The summed E-state index contributed by atoms with van der Waals surface area (Å²) in [5.41, 5.74) is 2.44. The normalized spacial score (nSPS) is 13.0. The summed E-state index contributed by atoms with van der Waals surface area (Å²) in [7, 11) is 0. The predicted molar refractivity (Wildman–Crippen MR) is 99.2 cm³/mol. The van der Waals surface area contributed by atoms with Crippen molar-refractivity contribution in [3.05, 3.63) is 108 Å². The van der Waals surface area contributed by atoms with Gasteiger partial charge in [-0.25, -0.2) is 0 Å². The molecule has 3 heteroatoms. The molecule has 3 nitrogen and oxygen atoms in total. The fraction of sp³-hybridized carbons (Fsp3) is 0.136. The van der Waals surface area contributed by atoms with Crippen LogP contribution >= 0.6 is 0 Å². The van der Waals surface area contributed by atoms with Gasteiger partial charge in [0.15, 0.2) is 0 Å². The Morgan fingerprint density at radius 3 is 1.92 bits per heavy atom. The molecule has 3 aromatic rings. The van der Waals surface area contributed by atoms with E-state index in [0.29, 0.717) is 12.0 Å². The van der Waals surface area contributed by atoms with Gasteiger partial charge in [-0.05, 0) is 29.7 Å². The fourth-order valence-corrected chi connectivity index (χ4v) is 2.83. The van der Waals surface area contributed by atoms with Crippen molar-refractivity contribution in [2.24, 2.45) is 0 Å². The zero-order chi connectivity index (χ0) is 17.5. The number of amides is 1. The van der Waals surface area contributed by atoms with Crippen molar-refractivity contribution in [2.75, 3.05) is 0 Å². The number of rotatable bonds is 6. The van der Waals surface area contributed by atoms with Gasteiger partial charge >= 0.3 is 0 Å². The third-order valence-corrected chi connectivity index (χ3v) is 4.17. The van der Waals surface area contributed by atoms with Crippen LogP contribution in [0.4, 0.5) is 0 Å². The van der Waals surface area contributed by atoms with Crippen molar-refractivity contribution in [3.8, 4) is 0 Å². The van der Waals surface area contributed by atoms with E-state index in [2.05, 4.69) is 5.32 Å². The van der Waals surface area contributed by atoms with E-state index in [4.69, 9.17) is 0 Å². The lowest BCUT2D eigenvalue weighted by Gasteiger charge is -2.25. The number of nitrogens with one attached hydrogen (secondary N) is 1. The molecule has 2 N–H and O–H groups in total. The molecule has 0 aromatic heterocycles. The second-order valence-corrected chi connectivity index (χ2v) is 5.99. The van der Waals surface area contributed by atoms with Gasteiger partial charge in [-0.1, -0.05) is 78.9 Å². The highest BCUT2D eigenvalue weighted by Crippen LogP contribution is 2.20. The SMILES string of the molecule is O=C(N[C@@H](Cc1ccccc1)[C@H](O)c1ccccc1)c1ccccc1. The van der Waals surface area contributed by atoms with Crippen LogP contribution in [0.1, 0.15) is 27.6 Å². The molecule has 0 bridgehead atoms. The number of aliphatic hydroxyl groups is 1. The Bertz CT molecular complexity index is 788. The topological polar surface area (TPSA) is 49.3 Å². The molecule has 25 heavy (non-hydrogen) atoms. The van der Waals surface area contributed by atoms with E-state index in [0.717, 1.165) is 11.1 Å². The molecule has 3 aromatic carbocycles. The Kier molecular flexibility index (Phi) is 5.60. The van der Waals surface area contributed by atoms with Crippen molar-refractivity contribution in [3.63, 3.8) is 0 Å². The largest absolute Gasteiger partial charge is 0.386 e. The Hall–Kier alpha value is -2.91. The molecule has 0 unspecified atom stereocenters. The van der Waals surface area contributed by atoms with Crippen LogP contribution in [0.15, 0.2) is 91.0 Å². The second kappa shape index (κ2) is 8.27. The first kappa shape index (κ1) is 16.9. The van der Waals surface area contributed by atoms with Crippen LogP contribution in [-0.4, -0.2) is 17.1 Å². The minimum atomic E-state index is -0.783. The molecule has 0 aliphatic rings. The van der Waals surface area contributed by atoms with Crippen LogP contribution in [0.3, 0.4) is 0 Å². The molecular weight excluding hydrogens is 310 g/mol. The molecular formula is C22H21NO2. The lowest BCUT2D eigenvalue weighted by atomic mass is 9.95. The molecule has 3 rings (SSSR count). The highest BCUT2D eigenvalue weighted by Gasteiger charge is 2.23. The third kappa shape index (κ3) is 4.55. The highest BCUT2D eigenvalue weighted by atomic mass is 16.3. The Morgan fingerprint density at radius 2 is 1.32 bits per heavy atom. The van der Waals surface area contributed by atoms with Crippen molar-refractivity contribution in [2.45, 2.75) is 18.6 Å². The zero-order valence-corrected chi connectivity index (χ0v) is 13.9. The average molecular weight is 331 g/mol. The summed E-state index contributed by atoms with van der Waals surface area (Å²) in [6.45, 7) is 0. The van der Waals surface area contributed by atoms with Crippen LogP contribution in [0.2, 0.25) is 0 Å². The standard InChI is InChI=1S/C22H21NO2/c24-21(18-12-6-2-7-13-18)20(16-17-10-4-1-5-11-17)23-22(25)19-14-8-3-9-15-19/h1-15,20-21,24H,16H2,(H,23,25)/t20-,21+/m0/s1. The molecule has 0 fully saturated rings.